The SMILES string of the molecule is CCN(C[C@H]1N[C@H](CO)[C@H]1c1ccc(C2=CCCC2)cc1)C(=O)c1ccncc1. The lowest BCUT2D eigenvalue weighted by molar-refractivity contribution is 0.0641. The molecule has 2 aliphatic rings. The maximum Gasteiger partial charge on any atom is 0.254 e. The zero-order chi connectivity index (χ0) is 20.2. The summed E-state index contributed by atoms with van der Waals surface area (Å²) in [5, 5.41) is 13.2. The molecule has 4 rings (SSSR count). The molecule has 5 nitrogen and oxygen atoms in total. The van der Waals surface area contributed by atoms with Crippen LogP contribution in [-0.4, -0.2) is 52.7 Å². The van der Waals surface area contributed by atoms with Crippen LogP contribution in [0.4, 0.5) is 0 Å². The van der Waals surface area contributed by atoms with Crippen LogP contribution in [0.15, 0.2) is 54.9 Å². The molecule has 0 spiro atoms. The predicted octanol–water partition coefficient (Wildman–Crippen LogP) is 3.23. The van der Waals surface area contributed by atoms with Gasteiger partial charge in [0.1, 0.15) is 0 Å². The average molecular weight is 392 g/mol. The summed E-state index contributed by atoms with van der Waals surface area (Å²) in [5.41, 5.74) is 4.63. The molecule has 1 fully saturated rings. The van der Waals surface area contributed by atoms with Gasteiger partial charge in [-0.1, -0.05) is 30.3 Å². The van der Waals surface area contributed by atoms with Gasteiger partial charge >= 0.3 is 0 Å². The van der Waals surface area contributed by atoms with Crippen LogP contribution in [0.3, 0.4) is 0 Å². The van der Waals surface area contributed by atoms with E-state index in [0.717, 1.165) is 6.42 Å². The molecule has 0 saturated carbocycles. The molecule has 1 aromatic heterocycles. The Morgan fingerprint density at radius 3 is 2.55 bits per heavy atom. The topological polar surface area (TPSA) is 65.5 Å². The fourth-order valence-electron chi connectivity index (χ4n) is 4.56. The Morgan fingerprint density at radius 2 is 1.93 bits per heavy atom. The van der Waals surface area contributed by atoms with E-state index in [1.54, 1.807) is 24.5 Å². The Balaban J connectivity index is 1.48. The minimum Gasteiger partial charge on any atom is -0.395 e. The maximum absolute atomic E-state index is 12.9. The summed E-state index contributed by atoms with van der Waals surface area (Å²) in [6, 6.07) is 12.5. The third-order valence-electron chi connectivity index (χ3n) is 6.21. The van der Waals surface area contributed by atoms with E-state index in [0.29, 0.717) is 18.7 Å². The number of likely N-dealkylation sites (N-methyl/N-ethyl adjacent to an activating group) is 1. The summed E-state index contributed by atoms with van der Waals surface area (Å²) in [7, 11) is 0. The molecule has 1 aliphatic heterocycles. The van der Waals surface area contributed by atoms with Crippen molar-refractivity contribution >= 4 is 11.5 Å². The number of carbonyl (C=O) groups excluding carboxylic acids is 1. The molecule has 1 aromatic carbocycles. The molecule has 1 aliphatic carbocycles. The van der Waals surface area contributed by atoms with Gasteiger partial charge in [0.15, 0.2) is 0 Å². The Bertz CT molecular complexity index is 863. The molecule has 0 radical (unpaired) electrons. The molecule has 1 saturated heterocycles. The number of hydrogen-bond acceptors (Lipinski definition) is 4. The van der Waals surface area contributed by atoms with Crippen LogP contribution in [-0.2, 0) is 0 Å². The van der Waals surface area contributed by atoms with Crippen molar-refractivity contribution in [3.63, 3.8) is 0 Å². The number of nitrogens with one attached hydrogen (secondary N) is 1. The van der Waals surface area contributed by atoms with Crippen LogP contribution < -0.4 is 5.32 Å². The number of amides is 1. The molecule has 29 heavy (non-hydrogen) atoms. The number of aliphatic hydroxyl groups is 1. The number of rotatable bonds is 7. The molecule has 1 amide bonds. The van der Waals surface area contributed by atoms with Crippen molar-refractivity contribution in [2.45, 2.75) is 44.2 Å². The second kappa shape index (κ2) is 8.89. The quantitative estimate of drug-likeness (QED) is 0.761. The second-order valence-electron chi connectivity index (χ2n) is 7.91. The highest BCUT2D eigenvalue weighted by Gasteiger charge is 2.42. The summed E-state index contributed by atoms with van der Waals surface area (Å²) >= 11 is 0. The van der Waals surface area contributed by atoms with Crippen LogP contribution in [0.2, 0.25) is 0 Å². The van der Waals surface area contributed by atoms with Crippen molar-refractivity contribution in [1.82, 2.24) is 15.2 Å². The molecule has 2 N–H and O–H groups in total. The van der Waals surface area contributed by atoms with Gasteiger partial charge < -0.3 is 15.3 Å². The van der Waals surface area contributed by atoms with E-state index in [9.17, 15) is 9.90 Å². The average Bonchev–Trinajstić information content (AvgIpc) is 3.29. The number of pyridine rings is 1. The molecule has 152 valence electrons. The van der Waals surface area contributed by atoms with Crippen molar-refractivity contribution in [2.24, 2.45) is 0 Å². The molecular formula is C24H29N3O2. The lowest BCUT2D eigenvalue weighted by atomic mass is 9.77. The van der Waals surface area contributed by atoms with Crippen LogP contribution in [0.1, 0.15) is 53.6 Å². The Labute approximate surface area is 172 Å². The Morgan fingerprint density at radius 1 is 1.17 bits per heavy atom. The van der Waals surface area contributed by atoms with Crippen molar-refractivity contribution < 1.29 is 9.90 Å². The lowest BCUT2D eigenvalue weighted by Gasteiger charge is -2.47. The van der Waals surface area contributed by atoms with E-state index in [2.05, 4.69) is 40.6 Å². The van der Waals surface area contributed by atoms with E-state index in [1.165, 1.54) is 29.5 Å². The third-order valence-corrected chi connectivity index (χ3v) is 6.21. The van der Waals surface area contributed by atoms with Gasteiger partial charge in [0.25, 0.3) is 5.91 Å². The van der Waals surface area contributed by atoms with Crippen molar-refractivity contribution in [1.29, 1.82) is 0 Å². The number of hydrogen-bond donors (Lipinski definition) is 2. The lowest BCUT2D eigenvalue weighted by Crippen LogP contribution is -2.65. The van der Waals surface area contributed by atoms with Gasteiger partial charge in [-0.3, -0.25) is 9.78 Å². The fraction of sp³-hybridized carbons (Fsp3) is 0.417. The third kappa shape index (κ3) is 4.11. The number of nitrogens with zero attached hydrogens (tertiary/aromatic N) is 2. The summed E-state index contributed by atoms with van der Waals surface area (Å²) in [6.45, 7) is 3.35. The molecular weight excluding hydrogens is 362 g/mol. The second-order valence-corrected chi connectivity index (χ2v) is 7.91. The van der Waals surface area contributed by atoms with Gasteiger partial charge in [-0.15, -0.1) is 0 Å². The summed E-state index contributed by atoms with van der Waals surface area (Å²) < 4.78 is 0. The number of allylic oxidation sites excluding steroid dienone is 2. The van der Waals surface area contributed by atoms with Crippen LogP contribution in [0.25, 0.3) is 5.57 Å². The number of aromatic nitrogens is 1. The number of carbonyl (C=O) groups is 1. The fourth-order valence-corrected chi connectivity index (χ4v) is 4.56. The first-order chi connectivity index (χ1) is 14.2. The van der Waals surface area contributed by atoms with Crippen molar-refractivity contribution in [2.75, 3.05) is 19.7 Å². The van der Waals surface area contributed by atoms with E-state index >= 15 is 0 Å². The minimum atomic E-state index is 0.0198. The van der Waals surface area contributed by atoms with Crippen molar-refractivity contribution in [3.8, 4) is 0 Å². The van der Waals surface area contributed by atoms with Gasteiger partial charge in [0.05, 0.1) is 6.61 Å². The molecule has 2 aromatic rings. The van der Waals surface area contributed by atoms with Crippen LogP contribution >= 0.6 is 0 Å². The highest BCUT2D eigenvalue weighted by atomic mass is 16.3. The predicted molar refractivity (Wildman–Crippen MR) is 115 cm³/mol. The van der Waals surface area contributed by atoms with Gasteiger partial charge in [-0.05, 0) is 55.0 Å². The summed E-state index contributed by atoms with van der Waals surface area (Å²) in [4.78, 5) is 18.7. The Kier molecular flexibility index (Phi) is 6.07. The van der Waals surface area contributed by atoms with Gasteiger partial charge in [0, 0.05) is 49.0 Å². The van der Waals surface area contributed by atoms with Gasteiger partial charge in [0.2, 0.25) is 0 Å². The molecule has 0 unspecified atom stereocenters. The van der Waals surface area contributed by atoms with E-state index in [4.69, 9.17) is 0 Å². The largest absolute Gasteiger partial charge is 0.395 e. The van der Waals surface area contributed by atoms with Gasteiger partial charge in [-0.25, -0.2) is 0 Å². The highest BCUT2D eigenvalue weighted by Crippen LogP contribution is 2.34. The van der Waals surface area contributed by atoms with E-state index in [-0.39, 0.29) is 30.5 Å². The Hall–Kier alpha value is -2.50. The van der Waals surface area contributed by atoms with Crippen LogP contribution in [0, 0.1) is 0 Å². The minimum absolute atomic E-state index is 0.0198. The first-order valence-electron chi connectivity index (χ1n) is 10.6. The van der Waals surface area contributed by atoms with Gasteiger partial charge in [-0.2, -0.15) is 0 Å². The molecule has 2 heterocycles. The maximum atomic E-state index is 12.9. The number of aliphatic hydroxyl groups excluding tert-OH is 1. The smallest absolute Gasteiger partial charge is 0.254 e. The number of benzene rings is 1. The first-order valence-corrected chi connectivity index (χ1v) is 10.6. The molecule has 0 bridgehead atoms. The zero-order valence-corrected chi connectivity index (χ0v) is 16.9. The monoisotopic (exact) mass is 391 g/mol. The standard InChI is InChI=1S/C24H29N3O2/c1-2-27(24(29)20-11-13-25-14-12-20)15-21-23(22(16-28)26-21)19-9-7-18(8-10-19)17-5-3-4-6-17/h5,7-14,21-23,26,28H,2-4,6,15-16H2,1H3/t21-,22-,23+/m1/s1. The van der Waals surface area contributed by atoms with E-state index < -0.39 is 0 Å². The summed E-state index contributed by atoms with van der Waals surface area (Å²) in [5.74, 6) is 0.220. The highest BCUT2D eigenvalue weighted by molar-refractivity contribution is 5.94. The molecule has 5 heteroatoms. The normalized spacial score (nSPS) is 23.4. The zero-order valence-electron chi connectivity index (χ0n) is 16.9. The van der Waals surface area contributed by atoms with E-state index in [1.807, 2.05) is 11.8 Å². The first kappa shape index (κ1) is 19.8. The van der Waals surface area contributed by atoms with Crippen LogP contribution in [0.5, 0.6) is 0 Å². The molecule has 3 atom stereocenters. The summed E-state index contributed by atoms with van der Waals surface area (Å²) in [6.07, 6.45) is 9.22. The van der Waals surface area contributed by atoms with Crippen molar-refractivity contribution in [3.05, 3.63) is 71.6 Å².